The summed E-state index contributed by atoms with van der Waals surface area (Å²) in [5, 5.41) is 2.88. The van der Waals surface area contributed by atoms with Crippen LogP contribution in [-0.2, 0) is 4.74 Å². The van der Waals surface area contributed by atoms with Crippen LogP contribution in [0, 0.1) is 3.57 Å². The summed E-state index contributed by atoms with van der Waals surface area (Å²) >= 11 is 2.22. The molecule has 4 nitrogen and oxygen atoms in total. The second-order valence-electron chi connectivity index (χ2n) is 5.17. The topological polar surface area (TPSA) is 64.3 Å². The van der Waals surface area contributed by atoms with E-state index in [9.17, 15) is 4.79 Å². The predicted octanol–water partition coefficient (Wildman–Crippen LogP) is 2.31. The first-order valence-electron chi connectivity index (χ1n) is 7.06. The Morgan fingerprint density at radius 1 is 1.25 bits per heavy atom. The van der Waals surface area contributed by atoms with Crippen LogP contribution in [0.1, 0.15) is 36.0 Å². The molecule has 2 rings (SSSR count). The van der Waals surface area contributed by atoms with Crippen LogP contribution in [-0.4, -0.2) is 31.2 Å². The lowest BCUT2D eigenvalue weighted by Gasteiger charge is -2.26. The van der Waals surface area contributed by atoms with Crippen molar-refractivity contribution in [1.82, 2.24) is 5.32 Å². The van der Waals surface area contributed by atoms with Crippen molar-refractivity contribution in [3.05, 3.63) is 33.4 Å². The first kappa shape index (κ1) is 15.7. The van der Waals surface area contributed by atoms with Gasteiger partial charge in [0.25, 0.3) is 5.91 Å². The van der Waals surface area contributed by atoms with Crippen LogP contribution < -0.4 is 11.1 Å². The van der Waals surface area contributed by atoms with Crippen LogP contribution in [0.4, 0.5) is 0 Å². The van der Waals surface area contributed by atoms with Crippen molar-refractivity contribution in [3.63, 3.8) is 0 Å². The minimum atomic E-state index is -0.0457. The van der Waals surface area contributed by atoms with Gasteiger partial charge in [-0.2, -0.15) is 0 Å². The Hall–Kier alpha value is -0.660. The number of halogens is 1. The van der Waals surface area contributed by atoms with Gasteiger partial charge < -0.3 is 15.8 Å². The fourth-order valence-corrected chi connectivity index (χ4v) is 2.71. The zero-order valence-corrected chi connectivity index (χ0v) is 13.6. The molecule has 0 aromatic heterocycles. The van der Waals surface area contributed by atoms with Crippen molar-refractivity contribution >= 4 is 28.5 Å². The summed E-state index contributed by atoms with van der Waals surface area (Å²) in [4.78, 5) is 11.9. The number of ether oxygens (including phenoxy) is 1. The Balaban J connectivity index is 1.63. The van der Waals surface area contributed by atoms with E-state index < -0.39 is 0 Å². The largest absolute Gasteiger partial charge is 0.376 e. The lowest BCUT2D eigenvalue weighted by Crippen LogP contribution is -2.33. The summed E-state index contributed by atoms with van der Waals surface area (Å²) in [5.74, 6) is -0.0457. The van der Waals surface area contributed by atoms with E-state index in [1.807, 2.05) is 24.3 Å². The molecule has 1 aliphatic carbocycles. The van der Waals surface area contributed by atoms with Crippen molar-refractivity contribution in [3.8, 4) is 0 Å². The highest BCUT2D eigenvalue weighted by atomic mass is 127. The van der Waals surface area contributed by atoms with Crippen LogP contribution in [0.3, 0.4) is 0 Å². The molecule has 0 atom stereocenters. The summed E-state index contributed by atoms with van der Waals surface area (Å²) in [5.41, 5.74) is 6.54. The van der Waals surface area contributed by atoms with Gasteiger partial charge in [0.2, 0.25) is 0 Å². The number of rotatable bonds is 5. The average molecular weight is 388 g/mol. The monoisotopic (exact) mass is 388 g/mol. The molecule has 5 heteroatoms. The molecular weight excluding hydrogens is 367 g/mol. The van der Waals surface area contributed by atoms with Gasteiger partial charge in [-0.3, -0.25) is 4.79 Å². The van der Waals surface area contributed by atoms with Crippen LogP contribution in [0.25, 0.3) is 0 Å². The Morgan fingerprint density at radius 3 is 2.55 bits per heavy atom. The number of nitrogens with two attached hydrogens (primary N) is 1. The van der Waals surface area contributed by atoms with Gasteiger partial charge >= 0.3 is 0 Å². The van der Waals surface area contributed by atoms with Gasteiger partial charge in [-0.1, -0.05) is 0 Å². The maximum absolute atomic E-state index is 11.9. The SMILES string of the molecule is NC1CCC(OCCNC(=O)c2ccc(I)cc2)CC1. The van der Waals surface area contributed by atoms with Crippen molar-refractivity contribution in [1.29, 1.82) is 0 Å². The maximum Gasteiger partial charge on any atom is 0.251 e. The molecular formula is C15H21IN2O2. The van der Waals surface area contributed by atoms with Crippen LogP contribution in [0.2, 0.25) is 0 Å². The Kier molecular flexibility index (Phi) is 6.25. The van der Waals surface area contributed by atoms with Crippen molar-refractivity contribution in [2.24, 2.45) is 5.73 Å². The van der Waals surface area contributed by atoms with E-state index >= 15 is 0 Å². The van der Waals surface area contributed by atoms with E-state index in [2.05, 4.69) is 27.9 Å². The number of hydrogen-bond donors (Lipinski definition) is 2. The standard InChI is InChI=1S/C15H21IN2O2/c16-12-3-1-11(2-4-12)15(19)18-9-10-20-14-7-5-13(17)6-8-14/h1-4,13-14H,5-10,17H2,(H,18,19). The molecule has 0 unspecified atom stereocenters. The van der Waals surface area contributed by atoms with Crippen molar-refractivity contribution in [2.45, 2.75) is 37.8 Å². The zero-order valence-electron chi connectivity index (χ0n) is 11.5. The predicted molar refractivity (Wildman–Crippen MR) is 87.7 cm³/mol. The van der Waals surface area contributed by atoms with Crippen molar-refractivity contribution < 1.29 is 9.53 Å². The normalized spacial score (nSPS) is 22.5. The van der Waals surface area contributed by atoms with Crippen LogP contribution in [0.5, 0.6) is 0 Å². The highest BCUT2D eigenvalue weighted by Gasteiger charge is 2.18. The maximum atomic E-state index is 11.9. The van der Waals surface area contributed by atoms with E-state index in [0.717, 1.165) is 29.3 Å². The number of hydrogen-bond acceptors (Lipinski definition) is 3. The first-order chi connectivity index (χ1) is 9.65. The second-order valence-corrected chi connectivity index (χ2v) is 6.42. The highest BCUT2D eigenvalue weighted by molar-refractivity contribution is 14.1. The first-order valence-corrected chi connectivity index (χ1v) is 8.14. The molecule has 1 aromatic rings. The smallest absolute Gasteiger partial charge is 0.251 e. The molecule has 0 aliphatic heterocycles. The average Bonchev–Trinajstić information content (AvgIpc) is 2.46. The minimum absolute atomic E-state index is 0.0457. The lowest BCUT2D eigenvalue weighted by molar-refractivity contribution is 0.0267. The molecule has 20 heavy (non-hydrogen) atoms. The van der Waals surface area contributed by atoms with Gasteiger partial charge in [-0.25, -0.2) is 0 Å². The van der Waals surface area contributed by atoms with Crippen molar-refractivity contribution in [2.75, 3.05) is 13.2 Å². The Labute approximate surface area is 133 Å². The van der Waals surface area contributed by atoms with Gasteiger partial charge in [0.1, 0.15) is 0 Å². The zero-order chi connectivity index (χ0) is 14.4. The molecule has 1 aliphatic rings. The third-order valence-corrected chi connectivity index (χ3v) is 4.29. The van der Waals surface area contributed by atoms with Gasteiger partial charge in [-0.05, 0) is 72.5 Å². The molecule has 0 heterocycles. The number of carbonyl (C=O) groups is 1. The molecule has 1 aromatic carbocycles. The summed E-state index contributed by atoms with van der Waals surface area (Å²) in [6.45, 7) is 1.11. The molecule has 3 N–H and O–H groups in total. The minimum Gasteiger partial charge on any atom is -0.376 e. The van der Waals surface area contributed by atoms with Gasteiger partial charge in [0.15, 0.2) is 0 Å². The fourth-order valence-electron chi connectivity index (χ4n) is 2.35. The molecule has 0 radical (unpaired) electrons. The second kappa shape index (κ2) is 7.95. The number of carbonyl (C=O) groups excluding carboxylic acids is 1. The van der Waals surface area contributed by atoms with E-state index in [4.69, 9.17) is 10.5 Å². The van der Waals surface area contributed by atoms with Crippen LogP contribution in [0.15, 0.2) is 24.3 Å². The third-order valence-electron chi connectivity index (χ3n) is 3.57. The summed E-state index contributed by atoms with van der Waals surface area (Å²) in [6, 6.07) is 7.87. The number of benzene rings is 1. The molecule has 1 fully saturated rings. The van der Waals surface area contributed by atoms with Gasteiger partial charge in [-0.15, -0.1) is 0 Å². The number of nitrogens with one attached hydrogen (secondary N) is 1. The van der Waals surface area contributed by atoms with E-state index in [1.165, 1.54) is 0 Å². The highest BCUT2D eigenvalue weighted by Crippen LogP contribution is 2.19. The Bertz CT molecular complexity index is 428. The molecule has 110 valence electrons. The fraction of sp³-hybridized carbons (Fsp3) is 0.533. The van der Waals surface area contributed by atoms with E-state index in [0.29, 0.717) is 30.9 Å². The Morgan fingerprint density at radius 2 is 1.90 bits per heavy atom. The van der Waals surface area contributed by atoms with Crippen LogP contribution >= 0.6 is 22.6 Å². The van der Waals surface area contributed by atoms with Gasteiger partial charge in [0, 0.05) is 21.7 Å². The molecule has 1 saturated carbocycles. The molecule has 0 bridgehead atoms. The summed E-state index contributed by atoms with van der Waals surface area (Å²) in [7, 11) is 0. The molecule has 0 saturated heterocycles. The molecule has 0 spiro atoms. The molecule has 1 amide bonds. The third kappa shape index (κ3) is 5.03. The summed E-state index contributed by atoms with van der Waals surface area (Å²) in [6.07, 6.45) is 4.46. The number of amides is 1. The quantitative estimate of drug-likeness (QED) is 0.601. The van der Waals surface area contributed by atoms with E-state index in [-0.39, 0.29) is 5.91 Å². The van der Waals surface area contributed by atoms with E-state index in [1.54, 1.807) is 0 Å². The van der Waals surface area contributed by atoms with Gasteiger partial charge in [0.05, 0.1) is 12.7 Å². The lowest BCUT2D eigenvalue weighted by atomic mass is 9.94. The summed E-state index contributed by atoms with van der Waals surface area (Å²) < 4.78 is 6.89.